The summed E-state index contributed by atoms with van der Waals surface area (Å²) >= 11 is 0. The van der Waals surface area contributed by atoms with E-state index in [-0.39, 0.29) is 12.7 Å². The van der Waals surface area contributed by atoms with Crippen molar-refractivity contribution in [2.24, 2.45) is 0 Å². The molecule has 3 heteroatoms. The third kappa shape index (κ3) is 2.36. The largest absolute Gasteiger partial charge is 0.394 e. The SMILES string of the molecule is OCC1COCC(c2ccccc2)(c2ccccc2)O1. The van der Waals surface area contributed by atoms with E-state index >= 15 is 0 Å². The van der Waals surface area contributed by atoms with Gasteiger partial charge in [0.15, 0.2) is 0 Å². The molecular formula is C17H18O3. The van der Waals surface area contributed by atoms with Gasteiger partial charge >= 0.3 is 0 Å². The monoisotopic (exact) mass is 270 g/mol. The van der Waals surface area contributed by atoms with Crippen molar-refractivity contribution in [3.63, 3.8) is 0 Å². The molecule has 0 aromatic heterocycles. The molecule has 3 rings (SSSR count). The first-order valence-electron chi connectivity index (χ1n) is 6.82. The predicted octanol–water partition coefficient (Wildman–Crippen LogP) is 2.34. The molecule has 0 amide bonds. The van der Waals surface area contributed by atoms with Crippen molar-refractivity contribution in [2.45, 2.75) is 11.7 Å². The zero-order valence-corrected chi connectivity index (χ0v) is 11.2. The van der Waals surface area contributed by atoms with Crippen LogP contribution in [0.1, 0.15) is 11.1 Å². The summed E-state index contributed by atoms with van der Waals surface area (Å²) in [5.74, 6) is 0. The second-order valence-electron chi connectivity index (χ2n) is 5.00. The van der Waals surface area contributed by atoms with Gasteiger partial charge in [0, 0.05) is 0 Å². The van der Waals surface area contributed by atoms with Gasteiger partial charge in [-0.1, -0.05) is 60.7 Å². The molecule has 1 aliphatic heterocycles. The van der Waals surface area contributed by atoms with Crippen LogP contribution in [0.2, 0.25) is 0 Å². The Kier molecular flexibility index (Phi) is 3.83. The molecule has 1 saturated heterocycles. The minimum absolute atomic E-state index is 0.0403. The fourth-order valence-electron chi connectivity index (χ4n) is 2.66. The predicted molar refractivity (Wildman–Crippen MR) is 76.4 cm³/mol. The van der Waals surface area contributed by atoms with Crippen LogP contribution in [0.3, 0.4) is 0 Å². The Labute approximate surface area is 118 Å². The summed E-state index contributed by atoms with van der Waals surface area (Å²) in [6.45, 7) is 0.844. The number of aliphatic hydroxyl groups is 1. The number of hydrogen-bond acceptors (Lipinski definition) is 3. The van der Waals surface area contributed by atoms with Gasteiger partial charge in [0.25, 0.3) is 0 Å². The van der Waals surface area contributed by atoms with E-state index < -0.39 is 5.60 Å². The van der Waals surface area contributed by atoms with Crippen LogP contribution < -0.4 is 0 Å². The van der Waals surface area contributed by atoms with Gasteiger partial charge < -0.3 is 14.6 Å². The van der Waals surface area contributed by atoms with E-state index in [1.54, 1.807) is 0 Å². The first kappa shape index (κ1) is 13.3. The molecule has 104 valence electrons. The Morgan fingerprint density at radius 3 is 2.00 bits per heavy atom. The Morgan fingerprint density at radius 1 is 0.950 bits per heavy atom. The summed E-state index contributed by atoms with van der Waals surface area (Å²) in [7, 11) is 0. The molecule has 0 bridgehead atoms. The Bertz CT molecular complexity index is 499. The molecule has 1 unspecified atom stereocenters. The molecule has 2 aromatic carbocycles. The first-order chi connectivity index (χ1) is 9.85. The van der Waals surface area contributed by atoms with Crippen LogP contribution in [0.25, 0.3) is 0 Å². The lowest BCUT2D eigenvalue weighted by Crippen LogP contribution is -2.47. The van der Waals surface area contributed by atoms with E-state index in [0.717, 1.165) is 11.1 Å². The third-order valence-corrected chi connectivity index (χ3v) is 3.66. The van der Waals surface area contributed by atoms with Gasteiger partial charge in [-0.15, -0.1) is 0 Å². The van der Waals surface area contributed by atoms with Crippen LogP contribution in [0.15, 0.2) is 60.7 Å². The molecule has 2 aromatic rings. The summed E-state index contributed by atoms with van der Waals surface area (Å²) in [5.41, 5.74) is 1.45. The van der Waals surface area contributed by atoms with Crippen molar-refractivity contribution in [1.82, 2.24) is 0 Å². The quantitative estimate of drug-likeness (QED) is 0.930. The number of aliphatic hydroxyl groups excluding tert-OH is 1. The summed E-state index contributed by atoms with van der Waals surface area (Å²) in [4.78, 5) is 0. The molecule has 1 atom stereocenters. The van der Waals surface area contributed by atoms with Crippen LogP contribution in [-0.4, -0.2) is 31.0 Å². The van der Waals surface area contributed by atoms with E-state index in [1.165, 1.54) is 0 Å². The summed E-state index contributed by atoms with van der Waals surface area (Å²) < 4.78 is 11.9. The highest BCUT2D eigenvalue weighted by molar-refractivity contribution is 5.37. The highest BCUT2D eigenvalue weighted by Gasteiger charge is 2.41. The summed E-state index contributed by atoms with van der Waals surface area (Å²) in [6, 6.07) is 20.1. The molecule has 0 radical (unpaired) electrons. The molecule has 0 saturated carbocycles. The summed E-state index contributed by atoms with van der Waals surface area (Å²) in [6.07, 6.45) is -0.302. The average Bonchev–Trinajstić information content (AvgIpc) is 2.56. The minimum Gasteiger partial charge on any atom is -0.394 e. The molecule has 1 fully saturated rings. The topological polar surface area (TPSA) is 38.7 Å². The van der Waals surface area contributed by atoms with Crippen LogP contribution in [0, 0.1) is 0 Å². The van der Waals surface area contributed by atoms with Crippen LogP contribution in [0.4, 0.5) is 0 Å². The zero-order chi connectivity index (χ0) is 13.8. The number of benzene rings is 2. The molecule has 3 nitrogen and oxygen atoms in total. The lowest BCUT2D eigenvalue weighted by molar-refractivity contribution is -0.194. The van der Waals surface area contributed by atoms with Crippen LogP contribution in [0.5, 0.6) is 0 Å². The second-order valence-corrected chi connectivity index (χ2v) is 5.00. The molecular weight excluding hydrogens is 252 g/mol. The van der Waals surface area contributed by atoms with Crippen molar-refractivity contribution >= 4 is 0 Å². The zero-order valence-electron chi connectivity index (χ0n) is 11.2. The Balaban J connectivity index is 2.08. The van der Waals surface area contributed by atoms with E-state index in [9.17, 15) is 5.11 Å². The minimum atomic E-state index is -0.645. The van der Waals surface area contributed by atoms with Gasteiger partial charge in [-0.05, 0) is 11.1 Å². The van der Waals surface area contributed by atoms with E-state index in [1.807, 2.05) is 60.7 Å². The maximum absolute atomic E-state index is 9.41. The summed E-state index contributed by atoms with van der Waals surface area (Å²) in [5, 5.41) is 9.41. The van der Waals surface area contributed by atoms with E-state index in [4.69, 9.17) is 9.47 Å². The van der Waals surface area contributed by atoms with Gasteiger partial charge in [0.2, 0.25) is 0 Å². The van der Waals surface area contributed by atoms with Gasteiger partial charge in [0.05, 0.1) is 19.8 Å². The van der Waals surface area contributed by atoms with E-state index in [0.29, 0.717) is 13.2 Å². The van der Waals surface area contributed by atoms with Crippen molar-refractivity contribution in [3.8, 4) is 0 Å². The first-order valence-corrected chi connectivity index (χ1v) is 6.82. The number of ether oxygens (including phenoxy) is 2. The van der Waals surface area contributed by atoms with Crippen molar-refractivity contribution in [2.75, 3.05) is 19.8 Å². The normalized spacial score (nSPS) is 21.6. The second kappa shape index (κ2) is 5.75. The molecule has 1 heterocycles. The average molecular weight is 270 g/mol. The van der Waals surface area contributed by atoms with Crippen LogP contribution in [-0.2, 0) is 15.1 Å². The highest BCUT2D eigenvalue weighted by Crippen LogP contribution is 2.37. The molecule has 20 heavy (non-hydrogen) atoms. The van der Waals surface area contributed by atoms with Gasteiger partial charge in [-0.3, -0.25) is 0 Å². The van der Waals surface area contributed by atoms with Crippen LogP contribution >= 0.6 is 0 Å². The smallest absolute Gasteiger partial charge is 0.142 e. The van der Waals surface area contributed by atoms with Gasteiger partial charge in [-0.2, -0.15) is 0 Å². The maximum atomic E-state index is 9.41. The standard InChI is InChI=1S/C17H18O3/c18-11-16-12-19-13-17(20-16,14-7-3-1-4-8-14)15-9-5-2-6-10-15/h1-10,16,18H,11-13H2. The molecule has 0 aliphatic carbocycles. The van der Waals surface area contributed by atoms with Gasteiger partial charge in [-0.25, -0.2) is 0 Å². The highest BCUT2D eigenvalue weighted by atomic mass is 16.6. The Hall–Kier alpha value is -1.68. The van der Waals surface area contributed by atoms with Crippen molar-refractivity contribution in [1.29, 1.82) is 0 Å². The fourth-order valence-corrected chi connectivity index (χ4v) is 2.66. The maximum Gasteiger partial charge on any atom is 0.142 e. The molecule has 1 N–H and O–H groups in total. The van der Waals surface area contributed by atoms with E-state index in [2.05, 4.69) is 0 Å². The fraction of sp³-hybridized carbons (Fsp3) is 0.294. The van der Waals surface area contributed by atoms with Gasteiger partial charge in [0.1, 0.15) is 11.7 Å². The third-order valence-electron chi connectivity index (χ3n) is 3.66. The van der Waals surface area contributed by atoms with Crippen molar-refractivity contribution in [3.05, 3.63) is 71.8 Å². The number of rotatable bonds is 3. The molecule has 0 spiro atoms. The molecule has 1 aliphatic rings. The lowest BCUT2D eigenvalue weighted by Gasteiger charge is -2.41. The lowest BCUT2D eigenvalue weighted by atomic mass is 9.86. The number of hydrogen-bond donors (Lipinski definition) is 1. The Morgan fingerprint density at radius 2 is 1.50 bits per heavy atom. The van der Waals surface area contributed by atoms with Crippen molar-refractivity contribution < 1.29 is 14.6 Å².